The lowest BCUT2D eigenvalue weighted by Crippen LogP contribution is -2.62. The molecule has 8 nitrogen and oxygen atoms in total. The van der Waals surface area contributed by atoms with Crippen molar-refractivity contribution < 1.29 is 24.2 Å². The summed E-state index contributed by atoms with van der Waals surface area (Å²) in [7, 11) is 1.59. The maximum absolute atomic E-state index is 10.2. The summed E-state index contributed by atoms with van der Waals surface area (Å²) in [5, 5.41) is 23.1. The molecule has 2 aliphatic rings. The molecule has 0 bridgehead atoms. The van der Waals surface area contributed by atoms with Gasteiger partial charge in [-0.2, -0.15) is 4.98 Å². The van der Waals surface area contributed by atoms with Crippen molar-refractivity contribution >= 4 is 0 Å². The average molecular weight is 327 g/mol. The molecule has 2 fully saturated rings. The van der Waals surface area contributed by atoms with Crippen LogP contribution in [0, 0.1) is 5.41 Å². The summed E-state index contributed by atoms with van der Waals surface area (Å²) < 4.78 is 15.8. The molecule has 0 radical (unpaired) electrons. The lowest BCUT2D eigenvalue weighted by molar-refractivity contribution is -0.213. The van der Waals surface area contributed by atoms with Crippen LogP contribution in [0.1, 0.15) is 31.0 Å². The Kier molecular flexibility index (Phi) is 5.27. The maximum Gasteiger partial charge on any atom is 0.252 e. The van der Waals surface area contributed by atoms with Crippen molar-refractivity contribution in [2.24, 2.45) is 5.41 Å². The van der Waals surface area contributed by atoms with Gasteiger partial charge in [-0.1, -0.05) is 5.16 Å². The van der Waals surface area contributed by atoms with Crippen LogP contribution in [0.25, 0.3) is 0 Å². The van der Waals surface area contributed by atoms with Crippen LogP contribution in [0.2, 0.25) is 0 Å². The minimum Gasteiger partial charge on any atom is -0.394 e. The Labute approximate surface area is 135 Å². The van der Waals surface area contributed by atoms with E-state index in [1.165, 1.54) is 0 Å². The van der Waals surface area contributed by atoms with Crippen LogP contribution in [0.15, 0.2) is 4.52 Å². The maximum atomic E-state index is 10.2. The van der Waals surface area contributed by atoms with E-state index in [-0.39, 0.29) is 24.2 Å². The standard InChI is InChI=1S/C15H25N3O5/c1-21-10-14-16-13(17-23-14)9-18-4-2-15(3-5-18)11(20)8-12(15)22-7-6-19/h11-12,19-20H,2-10H2,1H3/t11-,12+/m1/s1. The third kappa shape index (κ3) is 3.41. The summed E-state index contributed by atoms with van der Waals surface area (Å²) in [5.74, 6) is 1.15. The van der Waals surface area contributed by atoms with Gasteiger partial charge >= 0.3 is 0 Å². The number of aromatic nitrogens is 2. The molecule has 8 heteroatoms. The summed E-state index contributed by atoms with van der Waals surface area (Å²) in [6.07, 6.45) is 2.20. The molecule has 1 aliphatic heterocycles. The van der Waals surface area contributed by atoms with Crippen molar-refractivity contribution in [3.63, 3.8) is 0 Å². The molecular weight excluding hydrogens is 302 g/mol. The van der Waals surface area contributed by atoms with Crippen molar-refractivity contribution in [2.45, 2.75) is 44.6 Å². The topological polar surface area (TPSA) is 101 Å². The van der Waals surface area contributed by atoms with Crippen molar-refractivity contribution in [3.8, 4) is 0 Å². The summed E-state index contributed by atoms with van der Waals surface area (Å²) in [4.78, 5) is 6.55. The van der Waals surface area contributed by atoms with Crippen molar-refractivity contribution in [2.75, 3.05) is 33.4 Å². The first-order valence-corrected chi connectivity index (χ1v) is 8.11. The first kappa shape index (κ1) is 16.8. The molecule has 1 saturated carbocycles. The molecular formula is C15H25N3O5. The molecule has 2 heterocycles. The number of piperidine rings is 1. The molecule has 0 unspecified atom stereocenters. The molecule has 1 aromatic rings. The number of hydrogen-bond donors (Lipinski definition) is 2. The van der Waals surface area contributed by atoms with Gasteiger partial charge in [0, 0.05) is 18.9 Å². The van der Waals surface area contributed by atoms with Crippen LogP contribution < -0.4 is 0 Å². The minimum atomic E-state index is -0.299. The number of methoxy groups -OCH3 is 1. The monoisotopic (exact) mass is 327 g/mol. The van der Waals surface area contributed by atoms with Crippen LogP contribution in [0.4, 0.5) is 0 Å². The van der Waals surface area contributed by atoms with E-state index >= 15 is 0 Å². The highest BCUT2D eigenvalue weighted by Gasteiger charge is 2.56. The van der Waals surface area contributed by atoms with Gasteiger partial charge in [-0.3, -0.25) is 4.90 Å². The molecule has 3 rings (SSSR count). The summed E-state index contributed by atoms with van der Waals surface area (Å²) in [6, 6.07) is 0. The number of rotatable bonds is 7. The quantitative estimate of drug-likeness (QED) is 0.718. The molecule has 0 amide bonds. The fraction of sp³-hybridized carbons (Fsp3) is 0.867. The van der Waals surface area contributed by atoms with Gasteiger partial charge in [0.25, 0.3) is 5.89 Å². The molecule has 2 N–H and O–H groups in total. The van der Waals surface area contributed by atoms with Crippen LogP contribution in [0.5, 0.6) is 0 Å². The Morgan fingerprint density at radius 2 is 2.17 bits per heavy atom. The molecule has 0 aromatic carbocycles. The van der Waals surface area contributed by atoms with Crippen LogP contribution in [0.3, 0.4) is 0 Å². The number of nitrogens with zero attached hydrogens (tertiary/aromatic N) is 3. The third-order valence-corrected chi connectivity index (χ3v) is 5.08. The van der Waals surface area contributed by atoms with Crippen LogP contribution in [-0.4, -0.2) is 70.9 Å². The van der Waals surface area contributed by atoms with E-state index in [1.54, 1.807) is 7.11 Å². The second kappa shape index (κ2) is 7.23. The molecule has 1 spiro atoms. The predicted octanol–water partition coefficient (Wildman–Crippen LogP) is -0.0597. The van der Waals surface area contributed by atoms with Crippen LogP contribution >= 0.6 is 0 Å². The zero-order chi connectivity index (χ0) is 16.3. The lowest BCUT2D eigenvalue weighted by atomic mass is 9.58. The summed E-state index contributed by atoms with van der Waals surface area (Å²) >= 11 is 0. The number of aliphatic hydroxyl groups excluding tert-OH is 2. The van der Waals surface area contributed by atoms with E-state index in [0.29, 0.717) is 37.9 Å². The summed E-state index contributed by atoms with van der Waals surface area (Å²) in [5.41, 5.74) is -0.149. The fourth-order valence-electron chi connectivity index (χ4n) is 3.67. The van der Waals surface area contributed by atoms with Gasteiger partial charge in [0.2, 0.25) is 0 Å². The van der Waals surface area contributed by atoms with Gasteiger partial charge < -0.3 is 24.2 Å². The first-order valence-electron chi connectivity index (χ1n) is 8.11. The fourth-order valence-corrected chi connectivity index (χ4v) is 3.67. The van der Waals surface area contributed by atoms with Gasteiger partial charge in [-0.25, -0.2) is 0 Å². The average Bonchev–Trinajstić information content (AvgIpc) is 2.99. The van der Waals surface area contributed by atoms with Crippen molar-refractivity contribution in [1.82, 2.24) is 15.0 Å². The molecule has 1 saturated heterocycles. The smallest absolute Gasteiger partial charge is 0.252 e. The second-order valence-electron chi connectivity index (χ2n) is 6.38. The Morgan fingerprint density at radius 1 is 1.39 bits per heavy atom. The second-order valence-corrected chi connectivity index (χ2v) is 6.38. The minimum absolute atomic E-state index is 0.0242. The van der Waals surface area contributed by atoms with E-state index in [9.17, 15) is 5.11 Å². The van der Waals surface area contributed by atoms with Gasteiger partial charge in [-0.15, -0.1) is 0 Å². The van der Waals surface area contributed by atoms with E-state index in [1.807, 2.05) is 0 Å². The Morgan fingerprint density at radius 3 is 2.83 bits per heavy atom. The van der Waals surface area contributed by atoms with E-state index in [4.69, 9.17) is 19.1 Å². The molecule has 130 valence electrons. The highest BCUT2D eigenvalue weighted by molar-refractivity contribution is 5.06. The third-order valence-electron chi connectivity index (χ3n) is 5.08. The van der Waals surface area contributed by atoms with E-state index in [0.717, 1.165) is 25.9 Å². The molecule has 2 atom stereocenters. The highest BCUT2D eigenvalue weighted by atomic mass is 16.5. The van der Waals surface area contributed by atoms with Crippen molar-refractivity contribution in [1.29, 1.82) is 0 Å². The number of likely N-dealkylation sites (tertiary alicyclic amines) is 1. The first-order chi connectivity index (χ1) is 11.2. The summed E-state index contributed by atoms with van der Waals surface area (Å²) in [6.45, 7) is 3.06. The number of aliphatic hydroxyl groups is 2. The van der Waals surface area contributed by atoms with Crippen LogP contribution in [-0.2, 0) is 22.6 Å². The Bertz CT molecular complexity index is 501. The normalized spacial score (nSPS) is 27.3. The Hall–Kier alpha value is -1.06. The zero-order valence-corrected chi connectivity index (χ0v) is 13.5. The molecule has 1 aromatic heterocycles. The largest absolute Gasteiger partial charge is 0.394 e. The van der Waals surface area contributed by atoms with Crippen molar-refractivity contribution in [3.05, 3.63) is 11.7 Å². The molecule has 1 aliphatic carbocycles. The van der Waals surface area contributed by atoms with E-state index in [2.05, 4.69) is 15.0 Å². The zero-order valence-electron chi connectivity index (χ0n) is 13.5. The highest BCUT2D eigenvalue weighted by Crippen LogP contribution is 2.51. The predicted molar refractivity (Wildman–Crippen MR) is 79.4 cm³/mol. The van der Waals surface area contributed by atoms with E-state index < -0.39 is 0 Å². The number of ether oxygens (including phenoxy) is 2. The molecule has 23 heavy (non-hydrogen) atoms. The lowest BCUT2D eigenvalue weighted by Gasteiger charge is -2.56. The Balaban J connectivity index is 1.51. The SMILES string of the molecule is COCc1nc(CN2CCC3(CC2)[C@H](O)C[C@@H]3OCCO)no1. The van der Waals surface area contributed by atoms with Gasteiger partial charge in [-0.05, 0) is 25.9 Å². The van der Waals surface area contributed by atoms with Gasteiger partial charge in [0.15, 0.2) is 5.82 Å². The van der Waals surface area contributed by atoms with Gasteiger partial charge in [0.05, 0.1) is 32.0 Å². The number of hydrogen-bond acceptors (Lipinski definition) is 8. The van der Waals surface area contributed by atoms with Gasteiger partial charge in [0.1, 0.15) is 6.61 Å².